The Bertz CT molecular complexity index is 714. The van der Waals surface area contributed by atoms with Crippen molar-refractivity contribution < 1.29 is 4.79 Å². The van der Waals surface area contributed by atoms with E-state index in [1.165, 1.54) is 0 Å². The number of benzene rings is 1. The molecule has 96 valence electrons. The highest BCUT2D eigenvalue weighted by Gasteiger charge is 2.06. The van der Waals surface area contributed by atoms with Crippen LogP contribution in [0.15, 0.2) is 30.5 Å². The third-order valence-electron chi connectivity index (χ3n) is 2.79. The number of carbonyl (C=O) groups excluding carboxylic acids is 1. The first-order valence-corrected chi connectivity index (χ1v) is 5.95. The van der Waals surface area contributed by atoms with Crippen molar-refractivity contribution in [2.45, 2.75) is 13.3 Å². The van der Waals surface area contributed by atoms with Gasteiger partial charge in [0.2, 0.25) is 5.91 Å². The standard InChI is InChI=1S/C13H13N5O/c1-8-15-11-3-2-9(6-12(11)16-8)17-13(19)7-10-4-5-14-18-10/h2-6H,7H2,1H3,(H,14,18)(H,15,16)(H,17,19). The summed E-state index contributed by atoms with van der Waals surface area (Å²) >= 11 is 0. The lowest BCUT2D eigenvalue weighted by atomic mass is 10.2. The molecule has 0 saturated carbocycles. The first-order valence-electron chi connectivity index (χ1n) is 5.95. The largest absolute Gasteiger partial charge is 0.342 e. The summed E-state index contributed by atoms with van der Waals surface area (Å²) in [6.07, 6.45) is 1.90. The summed E-state index contributed by atoms with van der Waals surface area (Å²) < 4.78 is 0. The Kier molecular flexibility index (Phi) is 2.75. The molecule has 3 aromatic rings. The van der Waals surface area contributed by atoms with Gasteiger partial charge in [0.1, 0.15) is 5.82 Å². The van der Waals surface area contributed by atoms with Gasteiger partial charge in [-0.2, -0.15) is 5.10 Å². The van der Waals surface area contributed by atoms with Crippen LogP contribution >= 0.6 is 0 Å². The number of nitrogens with one attached hydrogen (secondary N) is 3. The van der Waals surface area contributed by atoms with E-state index in [0.717, 1.165) is 28.2 Å². The van der Waals surface area contributed by atoms with E-state index in [4.69, 9.17) is 0 Å². The zero-order valence-corrected chi connectivity index (χ0v) is 10.4. The number of aromatic amines is 2. The third-order valence-corrected chi connectivity index (χ3v) is 2.79. The molecule has 0 aliphatic heterocycles. The second-order valence-electron chi connectivity index (χ2n) is 4.36. The Morgan fingerprint density at radius 2 is 2.26 bits per heavy atom. The van der Waals surface area contributed by atoms with E-state index in [1.807, 2.05) is 25.1 Å². The van der Waals surface area contributed by atoms with Crippen molar-refractivity contribution in [3.05, 3.63) is 42.0 Å². The average Bonchev–Trinajstić information content (AvgIpc) is 2.96. The number of carbonyl (C=O) groups is 1. The molecule has 0 bridgehead atoms. The Balaban J connectivity index is 1.75. The van der Waals surface area contributed by atoms with Crippen LogP contribution in [0.2, 0.25) is 0 Å². The molecule has 0 aliphatic rings. The number of hydrogen-bond acceptors (Lipinski definition) is 3. The number of nitrogens with zero attached hydrogens (tertiary/aromatic N) is 2. The zero-order valence-electron chi connectivity index (χ0n) is 10.4. The number of rotatable bonds is 3. The number of aromatic nitrogens is 4. The number of imidazole rings is 1. The molecule has 0 fully saturated rings. The van der Waals surface area contributed by atoms with E-state index in [9.17, 15) is 4.79 Å². The molecule has 2 heterocycles. The van der Waals surface area contributed by atoms with E-state index in [2.05, 4.69) is 25.5 Å². The van der Waals surface area contributed by atoms with Crippen molar-refractivity contribution in [3.8, 4) is 0 Å². The van der Waals surface area contributed by atoms with Crippen LogP contribution in [0.1, 0.15) is 11.5 Å². The van der Waals surface area contributed by atoms with Crippen LogP contribution in [-0.4, -0.2) is 26.1 Å². The van der Waals surface area contributed by atoms with Crippen molar-refractivity contribution >= 4 is 22.6 Å². The molecule has 3 N–H and O–H groups in total. The van der Waals surface area contributed by atoms with E-state index in [1.54, 1.807) is 12.3 Å². The van der Waals surface area contributed by atoms with Gasteiger partial charge >= 0.3 is 0 Å². The zero-order chi connectivity index (χ0) is 13.2. The van der Waals surface area contributed by atoms with Gasteiger partial charge in [0.25, 0.3) is 0 Å². The molecule has 3 rings (SSSR count). The van der Waals surface area contributed by atoms with Gasteiger partial charge in [-0.3, -0.25) is 9.89 Å². The fourth-order valence-corrected chi connectivity index (χ4v) is 1.98. The Hall–Kier alpha value is -2.63. The highest BCUT2D eigenvalue weighted by atomic mass is 16.1. The molecule has 19 heavy (non-hydrogen) atoms. The van der Waals surface area contributed by atoms with Crippen molar-refractivity contribution in [1.82, 2.24) is 20.2 Å². The van der Waals surface area contributed by atoms with Crippen LogP contribution in [0.3, 0.4) is 0 Å². The molecule has 0 radical (unpaired) electrons. The first kappa shape index (κ1) is 11.5. The van der Waals surface area contributed by atoms with Crippen molar-refractivity contribution in [2.24, 2.45) is 0 Å². The fourth-order valence-electron chi connectivity index (χ4n) is 1.98. The topological polar surface area (TPSA) is 86.5 Å². The first-order chi connectivity index (χ1) is 9.20. The van der Waals surface area contributed by atoms with Crippen LogP contribution in [-0.2, 0) is 11.2 Å². The normalized spacial score (nSPS) is 10.8. The van der Waals surface area contributed by atoms with E-state index in [0.29, 0.717) is 0 Å². The van der Waals surface area contributed by atoms with E-state index < -0.39 is 0 Å². The van der Waals surface area contributed by atoms with Crippen LogP contribution in [0.4, 0.5) is 5.69 Å². The highest BCUT2D eigenvalue weighted by Crippen LogP contribution is 2.17. The maximum absolute atomic E-state index is 11.8. The lowest BCUT2D eigenvalue weighted by molar-refractivity contribution is -0.115. The number of anilines is 1. The summed E-state index contributed by atoms with van der Waals surface area (Å²) in [5.41, 5.74) is 3.34. The highest BCUT2D eigenvalue weighted by molar-refractivity contribution is 5.94. The lowest BCUT2D eigenvalue weighted by Crippen LogP contribution is -2.14. The van der Waals surface area contributed by atoms with Crippen LogP contribution < -0.4 is 5.32 Å². The second-order valence-corrected chi connectivity index (χ2v) is 4.36. The number of fused-ring (bicyclic) bond motifs is 1. The minimum atomic E-state index is -0.0835. The molecule has 2 aromatic heterocycles. The van der Waals surface area contributed by atoms with E-state index >= 15 is 0 Å². The summed E-state index contributed by atoms with van der Waals surface area (Å²) in [5, 5.41) is 9.41. The summed E-state index contributed by atoms with van der Waals surface area (Å²) in [7, 11) is 0. The predicted octanol–water partition coefficient (Wildman–Crippen LogP) is 1.78. The molecular formula is C13H13N5O. The number of hydrogen-bond donors (Lipinski definition) is 3. The molecular weight excluding hydrogens is 242 g/mol. The maximum Gasteiger partial charge on any atom is 0.230 e. The predicted molar refractivity (Wildman–Crippen MR) is 71.8 cm³/mol. The summed E-state index contributed by atoms with van der Waals surface area (Å²) in [6.45, 7) is 1.90. The van der Waals surface area contributed by atoms with Crippen molar-refractivity contribution in [3.63, 3.8) is 0 Å². The molecule has 0 saturated heterocycles. The van der Waals surface area contributed by atoms with Gasteiger partial charge in [-0.25, -0.2) is 4.98 Å². The summed E-state index contributed by atoms with van der Waals surface area (Å²) in [6, 6.07) is 7.37. The third kappa shape index (κ3) is 2.47. The minimum absolute atomic E-state index is 0.0835. The van der Waals surface area contributed by atoms with Gasteiger partial charge in [-0.1, -0.05) is 0 Å². The smallest absolute Gasteiger partial charge is 0.230 e. The number of aryl methyl sites for hydroxylation is 1. The second kappa shape index (κ2) is 4.56. The van der Waals surface area contributed by atoms with Gasteiger partial charge < -0.3 is 10.3 Å². The molecule has 0 unspecified atom stereocenters. The minimum Gasteiger partial charge on any atom is -0.342 e. The average molecular weight is 255 g/mol. The van der Waals surface area contributed by atoms with Crippen LogP contribution in [0.5, 0.6) is 0 Å². The molecule has 1 aromatic carbocycles. The molecule has 0 atom stereocenters. The Morgan fingerprint density at radius 3 is 3.05 bits per heavy atom. The maximum atomic E-state index is 11.8. The SMILES string of the molecule is Cc1nc2ccc(NC(=O)Cc3ccn[nH]3)cc2[nH]1. The Labute approximate surface area is 109 Å². The molecule has 6 heteroatoms. The van der Waals surface area contributed by atoms with E-state index in [-0.39, 0.29) is 12.3 Å². The van der Waals surface area contributed by atoms with Crippen LogP contribution in [0.25, 0.3) is 11.0 Å². The molecule has 0 spiro atoms. The van der Waals surface area contributed by atoms with Gasteiger partial charge in [-0.15, -0.1) is 0 Å². The van der Waals surface area contributed by atoms with Gasteiger partial charge in [-0.05, 0) is 31.2 Å². The quantitative estimate of drug-likeness (QED) is 0.666. The van der Waals surface area contributed by atoms with Gasteiger partial charge in [0.05, 0.1) is 17.5 Å². The molecule has 1 amide bonds. The van der Waals surface area contributed by atoms with Crippen LogP contribution in [0, 0.1) is 6.92 Å². The van der Waals surface area contributed by atoms with Crippen molar-refractivity contribution in [2.75, 3.05) is 5.32 Å². The Morgan fingerprint density at radius 1 is 1.37 bits per heavy atom. The molecule has 0 aliphatic carbocycles. The lowest BCUT2D eigenvalue weighted by Gasteiger charge is -2.03. The van der Waals surface area contributed by atoms with Crippen molar-refractivity contribution in [1.29, 1.82) is 0 Å². The monoisotopic (exact) mass is 255 g/mol. The number of H-pyrrole nitrogens is 2. The van der Waals surface area contributed by atoms with Gasteiger partial charge in [0, 0.05) is 17.6 Å². The van der Waals surface area contributed by atoms with Gasteiger partial charge in [0.15, 0.2) is 0 Å². The molecule has 6 nitrogen and oxygen atoms in total. The fraction of sp³-hybridized carbons (Fsp3) is 0.154. The number of amides is 1. The summed E-state index contributed by atoms with van der Waals surface area (Å²) in [4.78, 5) is 19.3. The summed E-state index contributed by atoms with van der Waals surface area (Å²) in [5.74, 6) is 0.774.